The third-order valence-corrected chi connectivity index (χ3v) is 2.30. The minimum atomic E-state index is 0.660. The van der Waals surface area contributed by atoms with Crippen LogP contribution in [-0.4, -0.2) is 9.72 Å². The van der Waals surface area contributed by atoms with E-state index >= 15 is 0 Å². The second-order valence-electron chi connectivity index (χ2n) is 3.55. The van der Waals surface area contributed by atoms with Crippen LogP contribution in [0, 0.1) is 11.3 Å². The predicted molar refractivity (Wildman–Crippen MR) is 57.2 cm³/mol. The lowest BCUT2D eigenvalue weighted by molar-refractivity contribution is 0.408. The maximum Gasteiger partial charge on any atom is 0.124 e. The number of aryl methyl sites for hydroxylation is 1. The molecule has 2 heterocycles. The van der Waals surface area contributed by atoms with Gasteiger partial charge in [-0.25, -0.2) is 0 Å². The van der Waals surface area contributed by atoms with Crippen LogP contribution in [0.4, 0.5) is 0 Å². The van der Waals surface area contributed by atoms with Crippen molar-refractivity contribution in [3.63, 3.8) is 0 Å². The van der Waals surface area contributed by atoms with Gasteiger partial charge in [0.2, 0.25) is 0 Å². The van der Waals surface area contributed by atoms with Crippen molar-refractivity contribution in [3.05, 3.63) is 41.5 Å². The predicted octanol–water partition coefficient (Wildman–Crippen LogP) is 1.17. The van der Waals surface area contributed by atoms with Gasteiger partial charge in [0.1, 0.15) is 18.0 Å². The monoisotopic (exact) mass is 216 g/mol. The van der Waals surface area contributed by atoms with Crippen molar-refractivity contribution in [2.45, 2.75) is 13.1 Å². The van der Waals surface area contributed by atoms with Gasteiger partial charge in [0.05, 0.1) is 5.69 Å². The average molecular weight is 216 g/mol. The molecular formula is C11H12N4O. The van der Waals surface area contributed by atoms with E-state index in [0.717, 1.165) is 11.3 Å². The van der Waals surface area contributed by atoms with Gasteiger partial charge >= 0.3 is 0 Å². The lowest BCUT2D eigenvalue weighted by Gasteiger charge is -1.98. The smallest absolute Gasteiger partial charge is 0.124 e. The van der Waals surface area contributed by atoms with E-state index in [2.05, 4.69) is 16.5 Å². The Labute approximate surface area is 93.3 Å². The molecule has 0 atom stereocenters. The van der Waals surface area contributed by atoms with E-state index in [9.17, 15) is 0 Å². The first-order chi connectivity index (χ1) is 7.79. The molecule has 82 valence electrons. The van der Waals surface area contributed by atoms with Crippen LogP contribution in [-0.2, 0) is 20.1 Å². The Hall–Kier alpha value is -2.06. The summed E-state index contributed by atoms with van der Waals surface area (Å²) in [5, 5.41) is 15.8. The van der Waals surface area contributed by atoms with E-state index in [1.807, 2.05) is 29.9 Å². The zero-order chi connectivity index (χ0) is 11.4. The van der Waals surface area contributed by atoms with Gasteiger partial charge in [0.25, 0.3) is 0 Å². The van der Waals surface area contributed by atoms with E-state index in [4.69, 9.17) is 9.78 Å². The van der Waals surface area contributed by atoms with Crippen molar-refractivity contribution in [1.29, 1.82) is 5.26 Å². The average Bonchev–Trinajstić information content (AvgIpc) is 2.88. The third-order valence-electron chi connectivity index (χ3n) is 2.30. The molecular weight excluding hydrogens is 204 g/mol. The van der Waals surface area contributed by atoms with Gasteiger partial charge in [-0.15, -0.1) is 0 Å². The van der Waals surface area contributed by atoms with Gasteiger partial charge in [-0.05, 0) is 11.6 Å². The van der Waals surface area contributed by atoms with E-state index < -0.39 is 0 Å². The number of hydrogen-bond donors (Lipinski definition) is 1. The molecule has 1 N–H and O–H groups in total. The molecule has 0 aromatic carbocycles. The molecule has 16 heavy (non-hydrogen) atoms. The van der Waals surface area contributed by atoms with Crippen molar-refractivity contribution in [2.75, 3.05) is 0 Å². The Bertz CT molecular complexity index is 493. The molecule has 0 amide bonds. The fraction of sp³-hybridized carbons (Fsp3) is 0.273. The number of aromatic nitrogens is 2. The minimum Gasteiger partial charge on any atom is -0.364 e. The largest absolute Gasteiger partial charge is 0.364 e. The first kappa shape index (κ1) is 10.5. The first-order valence-corrected chi connectivity index (χ1v) is 4.95. The number of rotatable bonds is 4. The summed E-state index contributed by atoms with van der Waals surface area (Å²) in [6.45, 7) is 1.37. The summed E-state index contributed by atoms with van der Waals surface area (Å²) in [7, 11) is 1.86. The van der Waals surface area contributed by atoms with Gasteiger partial charge in [-0.1, -0.05) is 5.16 Å². The molecule has 5 heteroatoms. The van der Waals surface area contributed by atoms with E-state index in [1.165, 1.54) is 0 Å². The Morgan fingerprint density at radius 3 is 3.06 bits per heavy atom. The fourth-order valence-corrected chi connectivity index (χ4v) is 1.50. The molecule has 0 aliphatic carbocycles. The highest BCUT2D eigenvalue weighted by Crippen LogP contribution is 2.05. The van der Waals surface area contributed by atoms with Gasteiger partial charge in [-0.2, -0.15) is 5.26 Å². The normalized spacial score (nSPS) is 10.2. The van der Waals surface area contributed by atoms with Gasteiger partial charge in [0, 0.05) is 32.4 Å². The Morgan fingerprint density at radius 2 is 2.44 bits per heavy atom. The highest BCUT2D eigenvalue weighted by atomic mass is 16.5. The first-order valence-electron chi connectivity index (χ1n) is 4.95. The summed E-state index contributed by atoms with van der Waals surface area (Å²) in [4.78, 5) is 0. The SMILES string of the molecule is Cn1cc(CNCc2ccon2)cc1C#N. The molecule has 2 aromatic heterocycles. The molecule has 0 aliphatic heterocycles. The minimum absolute atomic E-state index is 0.660. The van der Waals surface area contributed by atoms with Crippen LogP contribution in [0.1, 0.15) is 17.0 Å². The van der Waals surface area contributed by atoms with Gasteiger partial charge < -0.3 is 14.4 Å². The zero-order valence-corrected chi connectivity index (χ0v) is 8.97. The van der Waals surface area contributed by atoms with Gasteiger partial charge in [0.15, 0.2) is 0 Å². The summed E-state index contributed by atoms with van der Waals surface area (Å²) in [5.41, 5.74) is 2.62. The van der Waals surface area contributed by atoms with E-state index in [-0.39, 0.29) is 0 Å². The Kier molecular flexibility index (Phi) is 3.03. The van der Waals surface area contributed by atoms with Crippen LogP contribution >= 0.6 is 0 Å². The van der Waals surface area contributed by atoms with E-state index in [0.29, 0.717) is 18.8 Å². The highest BCUT2D eigenvalue weighted by Gasteiger charge is 2.02. The van der Waals surface area contributed by atoms with Crippen molar-refractivity contribution in [2.24, 2.45) is 7.05 Å². The quantitative estimate of drug-likeness (QED) is 0.833. The maximum atomic E-state index is 8.79. The molecule has 0 unspecified atom stereocenters. The summed E-state index contributed by atoms with van der Waals surface area (Å²) in [6.07, 6.45) is 3.49. The molecule has 5 nitrogen and oxygen atoms in total. The molecule has 0 radical (unpaired) electrons. The Morgan fingerprint density at radius 1 is 1.56 bits per heavy atom. The van der Waals surface area contributed by atoms with Crippen molar-refractivity contribution >= 4 is 0 Å². The van der Waals surface area contributed by atoms with Crippen molar-refractivity contribution in [1.82, 2.24) is 15.0 Å². The van der Waals surface area contributed by atoms with Crippen molar-refractivity contribution < 1.29 is 4.52 Å². The lowest BCUT2D eigenvalue weighted by Crippen LogP contribution is -2.12. The summed E-state index contributed by atoms with van der Waals surface area (Å²) in [6, 6.07) is 5.82. The molecule has 0 fully saturated rings. The van der Waals surface area contributed by atoms with Crippen LogP contribution in [0.2, 0.25) is 0 Å². The summed E-state index contributed by atoms with van der Waals surface area (Å²) >= 11 is 0. The molecule has 2 aromatic rings. The van der Waals surface area contributed by atoms with E-state index in [1.54, 1.807) is 6.26 Å². The van der Waals surface area contributed by atoms with Gasteiger partial charge in [-0.3, -0.25) is 0 Å². The third kappa shape index (κ3) is 2.30. The molecule has 2 rings (SSSR count). The van der Waals surface area contributed by atoms with Crippen LogP contribution in [0.25, 0.3) is 0 Å². The molecule has 0 saturated carbocycles. The topological polar surface area (TPSA) is 66.8 Å². The zero-order valence-electron chi connectivity index (χ0n) is 8.97. The molecule has 0 spiro atoms. The number of hydrogen-bond acceptors (Lipinski definition) is 4. The lowest BCUT2D eigenvalue weighted by atomic mass is 10.3. The number of nitriles is 1. The second-order valence-corrected chi connectivity index (χ2v) is 3.55. The fourth-order valence-electron chi connectivity index (χ4n) is 1.50. The van der Waals surface area contributed by atoms with Crippen LogP contribution in [0.3, 0.4) is 0 Å². The molecule has 0 saturated heterocycles. The van der Waals surface area contributed by atoms with Crippen molar-refractivity contribution in [3.8, 4) is 6.07 Å². The molecule has 0 aliphatic rings. The maximum absolute atomic E-state index is 8.79. The standard InChI is InChI=1S/C11H12N4O/c1-15-8-9(4-11(15)5-12)6-13-7-10-2-3-16-14-10/h2-4,8,13H,6-7H2,1H3. The summed E-state index contributed by atoms with van der Waals surface area (Å²) in [5.74, 6) is 0. The van der Waals surface area contributed by atoms with Crippen LogP contribution < -0.4 is 5.32 Å². The highest BCUT2D eigenvalue weighted by molar-refractivity contribution is 5.28. The number of nitrogens with zero attached hydrogens (tertiary/aromatic N) is 3. The Balaban J connectivity index is 1.88. The van der Waals surface area contributed by atoms with Crippen LogP contribution in [0.5, 0.6) is 0 Å². The summed E-state index contributed by atoms with van der Waals surface area (Å²) < 4.78 is 6.53. The second kappa shape index (κ2) is 4.64. The number of nitrogens with one attached hydrogen (secondary N) is 1. The van der Waals surface area contributed by atoms with Crippen LogP contribution in [0.15, 0.2) is 29.1 Å². The molecule has 0 bridgehead atoms.